The number of nitrogens with one attached hydrogen (secondary N) is 1. The zero-order valence-electron chi connectivity index (χ0n) is 15.5. The van der Waals surface area contributed by atoms with Gasteiger partial charge in [0.25, 0.3) is 11.7 Å². The molecule has 0 aliphatic rings. The van der Waals surface area contributed by atoms with Gasteiger partial charge in [0.1, 0.15) is 5.01 Å². The Morgan fingerprint density at radius 3 is 2.59 bits per heavy atom. The Balaban J connectivity index is 1.78. The van der Waals surface area contributed by atoms with Crippen LogP contribution in [0.1, 0.15) is 46.5 Å². The molecule has 1 amide bonds. The molecule has 0 fully saturated rings. The van der Waals surface area contributed by atoms with Crippen LogP contribution in [0.5, 0.6) is 0 Å². The third-order valence-corrected chi connectivity index (χ3v) is 5.06. The van der Waals surface area contributed by atoms with Gasteiger partial charge in [0.05, 0.1) is 22.6 Å². The molecule has 1 N–H and O–H groups in total. The van der Waals surface area contributed by atoms with Gasteiger partial charge in [-0.25, -0.2) is 4.68 Å². The van der Waals surface area contributed by atoms with Crippen LogP contribution in [0.25, 0.3) is 5.69 Å². The van der Waals surface area contributed by atoms with Crippen molar-refractivity contribution in [2.75, 3.05) is 5.32 Å². The van der Waals surface area contributed by atoms with Crippen molar-refractivity contribution in [2.24, 2.45) is 0 Å². The Kier molecular flexibility index (Phi) is 5.75. The SMILES string of the molecule is CCCCc1nnc(NC(=O)C(=O)c2c(C)nn(-c3ccccc3)c2C)s1. The van der Waals surface area contributed by atoms with Gasteiger partial charge in [-0.3, -0.25) is 14.9 Å². The second-order valence-electron chi connectivity index (χ2n) is 6.18. The first kappa shape index (κ1) is 18.9. The molecule has 0 atom stereocenters. The summed E-state index contributed by atoms with van der Waals surface area (Å²) in [5, 5.41) is 16.2. The molecule has 0 unspecified atom stereocenters. The maximum atomic E-state index is 12.7. The largest absolute Gasteiger partial charge is 0.298 e. The van der Waals surface area contributed by atoms with Crippen molar-refractivity contribution >= 4 is 28.2 Å². The quantitative estimate of drug-likeness (QED) is 0.498. The van der Waals surface area contributed by atoms with Crippen molar-refractivity contribution < 1.29 is 9.59 Å². The van der Waals surface area contributed by atoms with E-state index in [0.29, 0.717) is 22.1 Å². The van der Waals surface area contributed by atoms with Gasteiger partial charge in [-0.15, -0.1) is 10.2 Å². The Morgan fingerprint density at radius 2 is 1.89 bits per heavy atom. The molecule has 0 aliphatic heterocycles. The summed E-state index contributed by atoms with van der Waals surface area (Å²) in [4.78, 5) is 25.1. The Morgan fingerprint density at radius 1 is 1.15 bits per heavy atom. The van der Waals surface area contributed by atoms with E-state index in [0.717, 1.165) is 30.0 Å². The summed E-state index contributed by atoms with van der Waals surface area (Å²) in [6.45, 7) is 5.60. The molecule has 0 saturated carbocycles. The average Bonchev–Trinajstić information content (AvgIpc) is 3.23. The summed E-state index contributed by atoms with van der Waals surface area (Å²) in [5.41, 5.74) is 2.28. The number of aryl methyl sites for hydroxylation is 2. The molecule has 0 radical (unpaired) electrons. The molecule has 0 saturated heterocycles. The van der Waals surface area contributed by atoms with Gasteiger partial charge < -0.3 is 0 Å². The summed E-state index contributed by atoms with van der Waals surface area (Å²) < 4.78 is 1.67. The van der Waals surface area contributed by atoms with Crippen molar-refractivity contribution in [1.29, 1.82) is 0 Å². The summed E-state index contributed by atoms with van der Waals surface area (Å²) in [5.74, 6) is -1.36. The average molecular weight is 383 g/mol. The fraction of sp³-hybridized carbons (Fsp3) is 0.316. The normalized spacial score (nSPS) is 10.8. The zero-order valence-corrected chi connectivity index (χ0v) is 16.3. The molecule has 3 rings (SSSR count). The molecule has 0 spiro atoms. The number of hydrogen-bond donors (Lipinski definition) is 1. The van der Waals surface area contributed by atoms with Gasteiger partial charge in [-0.2, -0.15) is 5.10 Å². The van der Waals surface area contributed by atoms with E-state index in [2.05, 4.69) is 27.5 Å². The molecule has 140 valence electrons. The van der Waals surface area contributed by atoms with Crippen molar-refractivity contribution in [2.45, 2.75) is 40.0 Å². The zero-order chi connectivity index (χ0) is 19.4. The first-order valence-corrected chi connectivity index (χ1v) is 9.62. The number of benzene rings is 1. The number of unbranched alkanes of at least 4 members (excludes halogenated alkanes) is 1. The van der Waals surface area contributed by atoms with Crippen LogP contribution >= 0.6 is 11.3 Å². The molecule has 2 heterocycles. The number of rotatable bonds is 7. The number of carbonyl (C=O) groups excluding carboxylic acids is 2. The van der Waals surface area contributed by atoms with Crippen molar-refractivity contribution in [1.82, 2.24) is 20.0 Å². The minimum atomic E-state index is -0.730. The van der Waals surface area contributed by atoms with E-state index < -0.39 is 11.7 Å². The number of para-hydroxylation sites is 1. The van der Waals surface area contributed by atoms with E-state index in [4.69, 9.17) is 0 Å². The second kappa shape index (κ2) is 8.22. The van der Waals surface area contributed by atoms with E-state index in [1.54, 1.807) is 18.5 Å². The van der Waals surface area contributed by atoms with Gasteiger partial charge in [-0.1, -0.05) is 42.9 Å². The number of Topliss-reactive ketones (excluding diaryl/α,β-unsaturated/α-hetero) is 1. The Labute approximate surface area is 161 Å². The minimum Gasteiger partial charge on any atom is -0.294 e. The second-order valence-corrected chi connectivity index (χ2v) is 7.24. The molecule has 27 heavy (non-hydrogen) atoms. The topological polar surface area (TPSA) is 89.8 Å². The van der Waals surface area contributed by atoms with E-state index in [1.165, 1.54) is 11.3 Å². The van der Waals surface area contributed by atoms with Gasteiger partial charge in [0.2, 0.25) is 5.13 Å². The van der Waals surface area contributed by atoms with Crippen LogP contribution in [0.2, 0.25) is 0 Å². The van der Waals surface area contributed by atoms with Crippen LogP contribution in [-0.4, -0.2) is 31.7 Å². The molecule has 7 nitrogen and oxygen atoms in total. The highest BCUT2D eigenvalue weighted by atomic mass is 32.1. The maximum Gasteiger partial charge on any atom is 0.298 e. The molecule has 0 aliphatic carbocycles. The third kappa shape index (κ3) is 4.11. The van der Waals surface area contributed by atoms with Gasteiger partial charge in [0.15, 0.2) is 0 Å². The monoisotopic (exact) mass is 383 g/mol. The van der Waals surface area contributed by atoms with E-state index in [9.17, 15) is 9.59 Å². The van der Waals surface area contributed by atoms with Crippen LogP contribution in [0.4, 0.5) is 5.13 Å². The number of ketones is 1. The molecular formula is C19H21N5O2S. The van der Waals surface area contributed by atoms with E-state index >= 15 is 0 Å². The number of hydrogen-bond acceptors (Lipinski definition) is 6. The molecule has 3 aromatic rings. The summed E-state index contributed by atoms with van der Waals surface area (Å²) in [6.07, 6.45) is 2.89. The van der Waals surface area contributed by atoms with Crippen LogP contribution in [0, 0.1) is 13.8 Å². The van der Waals surface area contributed by atoms with Gasteiger partial charge in [0, 0.05) is 6.42 Å². The predicted octanol–water partition coefficient (Wildman–Crippen LogP) is 3.50. The molecular weight excluding hydrogens is 362 g/mol. The van der Waals surface area contributed by atoms with Crippen LogP contribution in [-0.2, 0) is 11.2 Å². The number of anilines is 1. The third-order valence-electron chi connectivity index (χ3n) is 4.16. The fourth-order valence-electron chi connectivity index (χ4n) is 2.79. The van der Waals surface area contributed by atoms with Crippen molar-refractivity contribution in [3.8, 4) is 5.69 Å². The van der Waals surface area contributed by atoms with E-state index in [1.807, 2.05) is 30.3 Å². The lowest BCUT2D eigenvalue weighted by molar-refractivity contribution is -0.112. The number of amides is 1. The smallest absolute Gasteiger partial charge is 0.294 e. The lowest BCUT2D eigenvalue weighted by atomic mass is 10.1. The molecule has 2 aromatic heterocycles. The summed E-state index contributed by atoms with van der Waals surface area (Å²) >= 11 is 1.30. The molecule has 1 aromatic carbocycles. The lowest BCUT2D eigenvalue weighted by Crippen LogP contribution is -2.24. The first-order valence-electron chi connectivity index (χ1n) is 8.81. The highest BCUT2D eigenvalue weighted by Crippen LogP contribution is 2.21. The Hall–Kier alpha value is -2.87. The van der Waals surface area contributed by atoms with Crippen molar-refractivity contribution in [3.63, 3.8) is 0 Å². The minimum absolute atomic E-state index is 0.312. The molecule has 0 bridgehead atoms. The number of carbonyl (C=O) groups is 2. The summed E-state index contributed by atoms with van der Waals surface area (Å²) in [6, 6.07) is 9.49. The number of aromatic nitrogens is 4. The molecule has 8 heteroatoms. The highest BCUT2D eigenvalue weighted by Gasteiger charge is 2.26. The highest BCUT2D eigenvalue weighted by molar-refractivity contribution is 7.15. The van der Waals surface area contributed by atoms with Gasteiger partial charge in [-0.05, 0) is 32.4 Å². The first-order chi connectivity index (χ1) is 13.0. The summed E-state index contributed by atoms with van der Waals surface area (Å²) in [7, 11) is 0. The lowest BCUT2D eigenvalue weighted by Gasteiger charge is -2.04. The van der Waals surface area contributed by atoms with Crippen molar-refractivity contribution in [3.05, 3.63) is 52.3 Å². The standard InChI is InChI=1S/C19H21N5O2S/c1-4-5-11-15-21-22-19(27-15)20-18(26)17(25)16-12(2)23-24(13(16)3)14-9-7-6-8-10-14/h6-10H,4-5,11H2,1-3H3,(H,20,22,26). The van der Waals surface area contributed by atoms with Gasteiger partial charge >= 0.3 is 0 Å². The number of nitrogens with zero attached hydrogens (tertiary/aromatic N) is 4. The maximum absolute atomic E-state index is 12.7. The Bertz CT molecular complexity index is 962. The fourth-order valence-corrected chi connectivity index (χ4v) is 3.57. The van der Waals surface area contributed by atoms with Crippen LogP contribution < -0.4 is 5.32 Å². The van der Waals surface area contributed by atoms with E-state index in [-0.39, 0.29) is 0 Å². The van der Waals surface area contributed by atoms with Crippen LogP contribution in [0.15, 0.2) is 30.3 Å². The van der Waals surface area contributed by atoms with Crippen LogP contribution in [0.3, 0.4) is 0 Å². The predicted molar refractivity (Wildman–Crippen MR) is 105 cm³/mol.